The molecule has 2 aliphatic rings. The number of hydrogen-bond donors (Lipinski definition) is 1. The lowest BCUT2D eigenvalue weighted by atomic mass is 9.83. The fourth-order valence-corrected chi connectivity index (χ4v) is 5.02. The number of pyridine rings is 1. The van der Waals surface area contributed by atoms with E-state index in [1.165, 1.54) is 11.8 Å². The Balaban J connectivity index is 1.54. The van der Waals surface area contributed by atoms with E-state index >= 15 is 0 Å². The number of anilines is 1. The number of ether oxygens (including phenoxy) is 1. The van der Waals surface area contributed by atoms with Crippen LogP contribution in [0, 0.1) is 5.41 Å². The zero-order valence-corrected chi connectivity index (χ0v) is 18.8. The Morgan fingerprint density at radius 3 is 2.84 bits per heavy atom. The molecule has 0 aromatic carbocycles. The molecule has 1 unspecified atom stereocenters. The Labute approximate surface area is 185 Å². The predicted molar refractivity (Wildman–Crippen MR) is 121 cm³/mol. The molecule has 5 heterocycles. The van der Waals surface area contributed by atoms with Crippen molar-refractivity contribution in [3.05, 3.63) is 34.9 Å². The Kier molecular flexibility index (Phi) is 5.47. The molecule has 0 saturated carbocycles. The highest BCUT2D eigenvalue weighted by Gasteiger charge is 2.28. The molecule has 0 bridgehead atoms. The van der Waals surface area contributed by atoms with Crippen LogP contribution >= 0.6 is 11.8 Å². The average Bonchev–Trinajstić information content (AvgIpc) is 3.14. The summed E-state index contributed by atoms with van der Waals surface area (Å²) < 4.78 is 7.89. The fraction of sp³-hybridized carbons (Fsp3) is 0.545. The largest absolute Gasteiger partial charge is 0.356 e. The first-order valence-electron chi connectivity index (χ1n) is 11.0. The molecule has 1 atom stereocenters. The average molecular weight is 441 g/mol. The van der Waals surface area contributed by atoms with Gasteiger partial charge in [0, 0.05) is 25.9 Å². The lowest BCUT2D eigenvalue weighted by Gasteiger charge is -2.37. The maximum Gasteiger partial charge on any atom is 0.262 e. The van der Waals surface area contributed by atoms with Crippen molar-refractivity contribution in [2.45, 2.75) is 62.1 Å². The molecule has 31 heavy (non-hydrogen) atoms. The minimum absolute atomic E-state index is 0.135. The number of aromatic nitrogens is 5. The normalized spacial score (nSPS) is 21.5. The van der Waals surface area contributed by atoms with Gasteiger partial charge in [-0.1, -0.05) is 25.6 Å². The van der Waals surface area contributed by atoms with Gasteiger partial charge in [-0.05, 0) is 49.7 Å². The van der Waals surface area contributed by atoms with Crippen molar-refractivity contribution in [3.63, 3.8) is 0 Å². The molecule has 1 N–H and O–H groups in total. The van der Waals surface area contributed by atoms with Gasteiger partial charge in [-0.3, -0.25) is 4.79 Å². The zero-order valence-electron chi connectivity index (χ0n) is 18.0. The first kappa shape index (κ1) is 20.5. The summed E-state index contributed by atoms with van der Waals surface area (Å²) in [5, 5.41) is 5.50. The third-order valence-electron chi connectivity index (χ3n) is 6.22. The number of nitrogens with zero attached hydrogens (tertiary/aromatic N) is 5. The molecule has 2 aliphatic heterocycles. The quantitative estimate of drug-likeness (QED) is 0.656. The van der Waals surface area contributed by atoms with Crippen LogP contribution in [0.1, 0.15) is 52.2 Å². The van der Waals surface area contributed by atoms with Crippen LogP contribution < -0.4 is 10.5 Å². The van der Waals surface area contributed by atoms with Gasteiger partial charge in [-0.2, -0.15) is 5.10 Å². The van der Waals surface area contributed by atoms with Crippen molar-refractivity contribution in [1.82, 2.24) is 24.7 Å². The summed E-state index contributed by atoms with van der Waals surface area (Å²) in [6, 6.07) is 3.61. The summed E-state index contributed by atoms with van der Waals surface area (Å²) in [6.45, 7) is 7.32. The van der Waals surface area contributed by atoms with Crippen LogP contribution in [0.5, 0.6) is 0 Å². The van der Waals surface area contributed by atoms with E-state index in [4.69, 9.17) is 19.8 Å². The topological polar surface area (TPSA) is 88.9 Å². The molecule has 0 amide bonds. The van der Waals surface area contributed by atoms with Gasteiger partial charge in [-0.25, -0.2) is 14.6 Å². The maximum atomic E-state index is 12.2. The Morgan fingerprint density at radius 2 is 2.10 bits per heavy atom. The van der Waals surface area contributed by atoms with E-state index < -0.39 is 0 Å². The van der Waals surface area contributed by atoms with Crippen molar-refractivity contribution < 1.29 is 4.74 Å². The minimum Gasteiger partial charge on any atom is -0.356 e. The maximum absolute atomic E-state index is 12.2. The fourth-order valence-electron chi connectivity index (χ4n) is 4.14. The lowest BCUT2D eigenvalue weighted by Crippen LogP contribution is -2.37. The van der Waals surface area contributed by atoms with Gasteiger partial charge < -0.3 is 14.6 Å². The summed E-state index contributed by atoms with van der Waals surface area (Å²) in [7, 11) is 0. The van der Waals surface area contributed by atoms with Crippen LogP contribution in [0.3, 0.4) is 0 Å². The van der Waals surface area contributed by atoms with Gasteiger partial charge in [0.05, 0.1) is 11.1 Å². The van der Waals surface area contributed by atoms with Crippen LogP contribution in [-0.2, 0) is 4.74 Å². The van der Waals surface area contributed by atoms with Gasteiger partial charge in [0.1, 0.15) is 11.3 Å². The highest BCUT2D eigenvalue weighted by atomic mass is 32.2. The summed E-state index contributed by atoms with van der Waals surface area (Å²) in [4.78, 5) is 27.6. The van der Waals surface area contributed by atoms with E-state index in [1.807, 2.05) is 16.9 Å². The second-order valence-electron chi connectivity index (χ2n) is 9.09. The number of aromatic amines is 1. The van der Waals surface area contributed by atoms with Crippen LogP contribution in [0.2, 0.25) is 0 Å². The second-order valence-corrected chi connectivity index (χ2v) is 10.1. The molecule has 3 aromatic heterocycles. The van der Waals surface area contributed by atoms with Crippen LogP contribution in [0.15, 0.2) is 39.2 Å². The molecule has 0 spiro atoms. The summed E-state index contributed by atoms with van der Waals surface area (Å²) in [5.41, 5.74) is 1.68. The molecular formula is C22H28N6O2S. The first-order chi connectivity index (χ1) is 15.0. The van der Waals surface area contributed by atoms with Crippen molar-refractivity contribution in [1.29, 1.82) is 0 Å². The Morgan fingerprint density at radius 1 is 1.26 bits per heavy atom. The summed E-state index contributed by atoms with van der Waals surface area (Å²) in [6.07, 6.45) is 8.66. The molecule has 8 nitrogen and oxygen atoms in total. The number of H-pyrrole nitrogens is 1. The molecule has 164 valence electrons. The van der Waals surface area contributed by atoms with E-state index in [9.17, 15) is 4.79 Å². The third kappa shape index (κ3) is 4.21. The molecule has 2 fully saturated rings. The predicted octanol–water partition coefficient (Wildman–Crippen LogP) is 3.99. The summed E-state index contributed by atoms with van der Waals surface area (Å²) in [5.74, 6) is 0.883. The SMILES string of the molecule is CC1(C)CCN(c2cnc3c(Sc4ccc[nH]c4=O)nn(C4CCCCO4)c3n2)CC1. The monoisotopic (exact) mass is 440 g/mol. The lowest BCUT2D eigenvalue weighted by molar-refractivity contribution is -0.0376. The minimum atomic E-state index is -0.149. The molecule has 5 rings (SSSR count). The van der Waals surface area contributed by atoms with E-state index in [1.54, 1.807) is 12.3 Å². The zero-order chi connectivity index (χ0) is 21.4. The number of rotatable bonds is 4. The Bertz CT molecular complexity index is 1120. The van der Waals surface area contributed by atoms with E-state index in [-0.39, 0.29) is 11.8 Å². The second kappa shape index (κ2) is 8.27. The van der Waals surface area contributed by atoms with Gasteiger partial charge >= 0.3 is 0 Å². The van der Waals surface area contributed by atoms with E-state index in [2.05, 4.69) is 23.7 Å². The highest BCUT2D eigenvalue weighted by Crippen LogP contribution is 2.35. The van der Waals surface area contributed by atoms with E-state index in [0.717, 1.165) is 63.3 Å². The van der Waals surface area contributed by atoms with Gasteiger partial charge in [0.15, 0.2) is 16.9 Å². The first-order valence-corrected chi connectivity index (χ1v) is 11.8. The molecular weight excluding hydrogens is 412 g/mol. The highest BCUT2D eigenvalue weighted by molar-refractivity contribution is 7.99. The standard InChI is InChI=1S/C22H28N6O2S/c1-22(2)8-11-27(12-9-22)16-14-24-18-19(25-16)28(17-7-3-4-13-30-17)26-21(18)31-15-6-5-10-23-20(15)29/h5-6,10,14,17H,3-4,7-9,11-13H2,1-2H3,(H,23,29). The van der Waals surface area contributed by atoms with E-state index in [0.29, 0.717) is 20.9 Å². The Hall–Kier alpha value is -2.39. The van der Waals surface area contributed by atoms with Crippen molar-refractivity contribution in [2.75, 3.05) is 24.6 Å². The van der Waals surface area contributed by atoms with Crippen LogP contribution in [-0.4, -0.2) is 44.4 Å². The third-order valence-corrected chi connectivity index (χ3v) is 7.23. The van der Waals surface area contributed by atoms with Crippen molar-refractivity contribution in [3.8, 4) is 0 Å². The van der Waals surface area contributed by atoms with Gasteiger partial charge in [0.25, 0.3) is 5.56 Å². The molecule has 3 aromatic rings. The van der Waals surface area contributed by atoms with Crippen molar-refractivity contribution >= 4 is 28.7 Å². The molecule has 0 radical (unpaired) electrons. The molecule has 0 aliphatic carbocycles. The van der Waals surface area contributed by atoms with Gasteiger partial charge in [0.2, 0.25) is 0 Å². The smallest absolute Gasteiger partial charge is 0.262 e. The van der Waals surface area contributed by atoms with Crippen LogP contribution in [0.4, 0.5) is 5.82 Å². The molecule has 2 saturated heterocycles. The van der Waals surface area contributed by atoms with Crippen LogP contribution in [0.25, 0.3) is 11.2 Å². The van der Waals surface area contributed by atoms with Crippen molar-refractivity contribution in [2.24, 2.45) is 5.41 Å². The number of nitrogens with one attached hydrogen (secondary N) is 1. The molecule has 9 heteroatoms. The van der Waals surface area contributed by atoms with Gasteiger partial charge in [-0.15, -0.1) is 0 Å². The number of fused-ring (bicyclic) bond motifs is 1. The number of hydrogen-bond acceptors (Lipinski definition) is 7. The summed E-state index contributed by atoms with van der Waals surface area (Å²) >= 11 is 1.32. The number of piperidine rings is 1.